The van der Waals surface area contributed by atoms with Crippen LogP contribution in [0.1, 0.15) is 21.0 Å². The summed E-state index contributed by atoms with van der Waals surface area (Å²) in [6.07, 6.45) is 3.18. The second-order valence-electron chi connectivity index (χ2n) is 4.52. The standard InChI is InChI=1S/C15H11BrN4O2/c16-10-7-12(18-8-10)14(21)19-20-15(22)13-11-4-2-1-3-9(11)5-6-17-13/h1-8,18H,(H,19,21)(H,20,22). The van der Waals surface area contributed by atoms with Gasteiger partial charge in [0, 0.05) is 22.3 Å². The number of hydrazine groups is 1. The highest BCUT2D eigenvalue weighted by Crippen LogP contribution is 2.16. The van der Waals surface area contributed by atoms with Gasteiger partial charge in [-0.3, -0.25) is 25.4 Å². The summed E-state index contributed by atoms with van der Waals surface area (Å²) in [5.41, 5.74) is 5.29. The van der Waals surface area contributed by atoms with E-state index in [0.717, 1.165) is 15.2 Å². The normalized spacial score (nSPS) is 10.4. The topological polar surface area (TPSA) is 86.9 Å². The molecule has 1 aromatic carbocycles. The first-order valence-corrected chi connectivity index (χ1v) is 7.23. The highest BCUT2D eigenvalue weighted by molar-refractivity contribution is 9.10. The van der Waals surface area contributed by atoms with Crippen LogP contribution in [0.3, 0.4) is 0 Å². The Kier molecular flexibility index (Phi) is 3.88. The number of H-pyrrole nitrogens is 1. The molecule has 0 aliphatic carbocycles. The Balaban J connectivity index is 1.75. The summed E-state index contributed by atoms with van der Waals surface area (Å²) in [5, 5.41) is 1.63. The average molecular weight is 359 g/mol. The third-order valence-electron chi connectivity index (χ3n) is 3.07. The van der Waals surface area contributed by atoms with E-state index < -0.39 is 11.8 Å². The Labute approximate surface area is 134 Å². The molecule has 3 aromatic rings. The summed E-state index contributed by atoms with van der Waals surface area (Å²) in [6, 6.07) is 10.8. The molecule has 0 bridgehead atoms. The predicted molar refractivity (Wildman–Crippen MR) is 85.2 cm³/mol. The zero-order valence-corrected chi connectivity index (χ0v) is 12.8. The van der Waals surface area contributed by atoms with Gasteiger partial charge >= 0.3 is 0 Å². The van der Waals surface area contributed by atoms with E-state index in [4.69, 9.17) is 0 Å². The van der Waals surface area contributed by atoms with E-state index in [1.165, 1.54) is 0 Å². The number of hydrogen-bond donors (Lipinski definition) is 3. The molecule has 0 spiro atoms. The molecule has 0 aliphatic heterocycles. The minimum absolute atomic E-state index is 0.256. The number of carbonyl (C=O) groups is 2. The van der Waals surface area contributed by atoms with E-state index in [0.29, 0.717) is 5.69 Å². The number of amides is 2. The number of nitrogens with one attached hydrogen (secondary N) is 3. The largest absolute Gasteiger partial charge is 0.356 e. The van der Waals surface area contributed by atoms with Crippen LogP contribution in [0.5, 0.6) is 0 Å². The molecule has 0 saturated carbocycles. The average Bonchev–Trinajstić information content (AvgIpc) is 2.98. The maximum atomic E-state index is 12.2. The lowest BCUT2D eigenvalue weighted by atomic mass is 10.1. The lowest BCUT2D eigenvalue weighted by molar-refractivity contribution is 0.0842. The molecule has 110 valence electrons. The molecule has 0 fully saturated rings. The van der Waals surface area contributed by atoms with Crippen LogP contribution >= 0.6 is 15.9 Å². The molecule has 3 rings (SSSR count). The van der Waals surface area contributed by atoms with Gasteiger partial charge in [-0.05, 0) is 33.4 Å². The van der Waals surface area contributed by atoms with Gasteiger partial charge in [-0.2, -0.15) is 0 Å². The number of nitrogens with zero attached hydrogens (tertiary/aromatic N) is 1. The number of halogens is 1. The Morgan fingerprint density at radius 1 is 1.09 bits per heavy atom. The summed E-state index contributed by atoms with van der Waals surface area (Å²) in [6.45, 7) is 0. The van der Waals surface area contributed by atoms with Crippen LogP contribution < -0.4 is 10.9 Å². The van der Waals surface area contributed by atoms with Crippen molar-refractivity contribution in [2.75, 3.05) is 0 Å². The summed E-state index contributed by atoms with van der Waals surface area (Å²) < 4.78 is 0.750. The van der Waals surface area contributed by atoms with Crippen molar-refractivity contribution in [1.29, 1.82) is 0 Å². The lowest BCUT2D eigenvalue weighted by Gasteiger charge is -2.08. The highest BCUT2D eigenvalue weighted by Gasteiger charge is 2.13. The number of fused-ring (bicyclic) bond motifs is 1. The smallest absolute Gasteiger partial charge is 0.288 e. The molecule has 7 heteroatoms. The van der Waals surface area contributed by atoms with Crippen molar-refractivity contribution in [3.05, 3.63) is 64.7 Å². The predicted octanol–water partition coefficient (Wildman–Crippen LogP) is 2.40. The quantitative estimate of drug-likeness (QED) is 0.614. The number of carbonyl (C=O) groups excluding carboxylic acids is 2. The molecule has 3 N–H and O–H groups in total. The second-order valence-corrected chi connectivity index (χ2v) is 5.44. The third-order valence-corrected chi connectivity index (χ3v) is 3.53. The molecule has 0 aliphatic rings. The van der Waals surface area contributed by atoms with Gasteiger partial charge in [-0.1, -0.05) is 24.3 Å². The summed E-state index contributed by atoms with van der Waals surface area (Å²) in [5.74, 6) is -0.921. The summed E-state index contributed by atoms with van der Waals surface area (Å²) >= 11 is 3.24. The molecule has 0 radical (unpaired) electrons. The molecule has 0 unspecified atom stereocenters. The molecule has 22 heavy (non-hydrogen) atoms. The van der Waals surface area contributed by atoms with Gasteiger partial charge in [0.25, 0.3) is 11.8 Å². The molecule has 2 heterocycles. The van der Waals surface area contributed by atoms with Crippen molar-refractivity contribution in [2.45, 2.75) is 0 Å². The van der Waals surface area contributed by atoms with E-state index >= 15 is 0 Å². The molecule has 6 nitrogen and oxygen atoms in total. The van der Waals surface area contributed by atoms with Crippen LogP contribution in [-0.4, -0.2) is 21.8 Å². The maximum absolute atomic E-state index is 12.2. The van der Waals surface area contributed by atoms with Gasteiger partial charge in [0.2, 0.25) is 0 Å². The van der Waals surface area contributed by atoms with Crippen molar-refractivity contribution in [3.63, 3.8) is 0 Å². The second kappa shape index (κ2) is 5.98. The van der Waals surface area contributed by atoms with Gasteiger partial charge in [0.15, 0.2) is 0 Å². The van der Waals surface area contributed by atoms with Crippen molar-refractivity contribution >= 4 is 38.5 Å². The van der Waals surface area contributed by atoms with Crippen molar-refractivity contribution in [2.24, 2.45) is 0 Å². The van der Waals surface area contributed by atoms with Gasteiger partial charge in [-0.25, -0.2) is 0 Å². The SMILES string of the molecule is O=C(NNC(=O)c1nccc2ccccc12)c1cc(Br)c[nH]1. The first-order chi connectivity index (χ1) is 10.6. The monoisotopic (exact) mass is 358 g/mol. The zero-order valence-electron chi connectivity index (χ0n) is 11.3. The third kappa shape index (κ3) is 2.84. The Bertz CT molecular complexity index is 854. The number of pyridine rings is 1. The fraction of sp³-hybridized carbons (Fsp3) is 0. The van der Waals surface area contributed by atoms with Gasteiger partial charge in [0.05, 0.1) is 0 Å². The zero-order chi connectivity index (χ0) is 15.5. The molecule has 2 aromatic heterocycles. The van der Waals surface area contributed by atoms with E-state index in [1.54, 1.807) is 24.5 Å². The van der Waals surface area contributed by atoms with Crippen molar-refractivity contribution in [3.8, 4) is 0 Å². The van der Waals surface area contributed by atoms with Crippen LogP contribution in [-0.2, 0) is 0 Å². The van der Waals surface area contributed by atoms with Gasteiger partial charge in [0.1, 0.15) is 11.4 Å². The minimum atomic E-state index is -0.476. The molecular formula is C15H11BrN4O2. The maximum Gasteiger partial charge on any atom is 0.288 e. The highest BCUT2D eigenvalue weighted by atomic mass is 79.9. The Hall–Kier alpha value is -2.67. The van der Waals surface area contributed by atoms with Crippen LogP contribution in [0, 0.1) is 0 Å². The van der Waals surface area contributed by atoms with E-state index in [1.807, 2.05) is 24.3 Å². The molecular weight excluding hydrogens is 348 g/mol. The first-order valence-electron chi connectivity index (χ1n) is 6.43. The van der Waals surface area contributed by atoms with Crippen molar-refractivity contribution in [1.82, 2.24) is 20.8 Å². The minimum Gasteiger partial charge on any atom is -0.356 e. The molecule has 0 saturated heterocycles. The number of aromatic amines is 1. The number of benzene rings is 1. The number of rotatable bonds is 2. The summed E-state index contributed by atoms with van der Waals surface area (Å²) in [7, 11) is 0. The van der Waals surface area contributed by atoms with Crippen LogP contribution in [0.4, 0.5) is 0 Å². The first kappa shape index (κ1) is 14.3. The lowest BCUT2D eigenvalue weighted by Crippen LogP contribution is -2.42. The van der Waals surface area contributed by atoms with Crippen LogP contribution in [0.15, 0.2) is 53.3 Å². The van der Waals surface area contributed by atoms with E-state index in [2.05, 4.69) is 36.7 Å². The number of aromatic nitrogens is 2. The Morgan fingerprint density at radius 2 is 1.86 bits per heavy atom. The fourth-order valence-corrected chi connectivity index (χ4v) is 2.38. The van der Waals surface area contributed by atoms with Crippen molar-refractivity contribution < 1.29 is 9.59 Å². The van der Waals surface area contributed by atoms with Gasteiger partial charge < -0.3 is 4.98 Å². The Morgan fingerprint density at radius 3 is 2.64 bits per heavy atom. The van der Waals surface area contributed by atoms with E-state index in [9.17, 15) is 9.59 Å². The molecule has 2 amide bonds. The summed E-state index contributed by atoms with van der Waals surface area (Å²) in [4.78, 5) is 30.9. The fourth-order valence-electron chi connectivity index (χ4n) is 2.04. The number of hydrogen-bond acceptors (Lipinski definition) is 3. The van der Waals surface area contributed by atoms with Crippen LogP contribution in [0.2, 0.25) is 0 Å². The molecule has 0 atom stereocenters. The van der Waals surface area contributed by atoms with E-state index in [-0.39, 0.29) is 5.69 Å². The van der Waals surface area contributed by atoms with Gasteiger partial charge in [-0.15, -0.1) is 0 Å². The van der Waals surface area contributed by atoms with Crippen LogP contribution in [0.25, 0.3) is 10.8 Å².